The zero-order chi connectivity index (χ0) is 17.9. The number of hydrogen-bond acceptors (Lipinski definition) is 3. The summed E-state index contributed by atoms with van der Waals surface area (Å²) in [5, 5.41) is 6.19. The minimum absolute atomic E-state index is 0.0323. The summed E-state index contributed by atoms with van der Waals surface area (Å²) in [4.78, 5) is 17.0. The predicted molar refractivity (Wildman–Crippen MR) is 101 cm³/mol. The maximum absolute atomic E-state index is 13.0. The summed E-state index contributed by atoms with van der Waals surface area (Å²) in [6.07, 6.45) is 5.89. The van der Waals surface area contributed by atoms with Crippen LogP contribution in [0.3, 0.4) is 0 Å². The van der Waals surface area contributed by atoms with E-state index >= 15 is 0 Å². The molecule has 142 valence electrons. The first-order valence-electron chi connectivity index (χ1n) is 9.96. The monoisotopic (exact) mass is 360 g/mol. The van der Waals surface area contributed by atoms with E-state index in [1.54, 1.807) is 0 Å². The molecule has 1 aromatic rings. The van der Waals surface area contributed by atoms with Crippen LogP contribution in [0.1, 0.15) is 32.1 Å². The van der Waals surface area contributed by atoms with Crippen LogP contribution in [0.2, 0.25) is 0 Å². The van der Waals surface area contributed by atoms with Gasteiger partial charge in [-0.05, 0) is 62.3 Å². The quantitative estimate of drug-likeness (QED) is 0.848. The van der Waals surface area contributed by atoms with Crippen LogP contribution in [-0.2, 0) is 0 Å². The minimum Gasteiger partial charge on any atom is -0.371 e. The third kappa shape index (κ3) is 4.47. The lowest BCUT2D eigenvalue weighted by Gasteiger charge is -2.32. The maximum atomic E-state index is 13.0. The highest BCUT2D eigenvalue weighted by Gasteiger charge is 2.32. The molecule has 0 spiro atoms. The van der Waals surface area contributed by atoms with E-state index in [2.05, 4.69) is 20.4 Å². The van der Waals surface area contributed by atoms with Crippen LogP contribution in [0.25, 0.3) is 0 Å². The van der Waals surface area contributed by atoms with Gasteiger partial charge in [0.25, 0.3) is 0 Å². The molecule has 2 N–H and O–H groups in total. The molecule has 1 aliphatic carbocycles. The van der Waals surface area contributed by atoms with E-state index in [0.717, 1.165) is 57.2 Å². The van der Waals surface area contributed by atoms with Crippen LogP contribution in [0.5, 0.6) is 0 Å². The first-order valence-corrected chi connectivity index (χ1v) is 9.96. The van der Waals surface area contributed by atoms with Gasteiger partial charge in [0.15, 0.2) is 0 Å². The van der Waals surface area contributed by atoms with Crippen molar-refractivity contribution >= 4 is 11.7 Å². The fraction of sp³-hybridized carbons (Fsp3) is 0.650. The smallest absolute Gasteiger partial charge is 0.315 e. The summed E-state index contributed by atoms with van der Waals surface area (Å²) >= 11 is 0. The van der Waals surface area contributed by atoms with Crippen LogP contribution in [0.15, 0.2) is 24.3 Å². The van der Waals surface area contributed by atoms with E-state index in [1.807, 2.05) is 12.1 Å². The highest BCUT2D eigenvalue weighted by atomic mass is 19.1. The number of piperidine rings is 1. The van der Waals surface area contributed by atoms with Gasteiger partial charge in [0.2, 0.25) is 0 Å². The summed E-state index contributed by atoms with van der Waals surface area (Å²) in [6, 6.07) is 7.76. The van der Waals surface area contributed by atoms with Crippen molar-refractivity contribution in [1.82, 2.24) is 15.5 Å². The molecule has 0 bridgehead atoms. The summed E-state index contributed by atoms with van der Waals surface area (Å²) < 4.78 is 13.0. The number of nitrogens with one attached hydrogen (secondary N) is 2. The number of urea groups is 1. The summed E-state index contributed by atoms with van der Waals surface area (Å²) in [7, 11) is 0. The Morgan fingerprint density at radius 1 is 1.04 bits per heavy atom. The topological polar surface area (TPSA) is 47.6 Å². The van der Waals surface area contributed by atoms with Crippen molar-refractivity contribution in [1.29, 1.82) is 0 Å². The van der Waals surface area contributed by atoms with Gasteiger partial charge in [-0.15, -0.1) is 0 Å². The first-order chi connectivity index (χ1) is 12.7. The molecule has 3 aliphatic rings. The number of anilines is 1. The van der Waals surface area contributed by atoms with Crippen molar-refractivity contribution < 1.29 is 9.18 Å². The molecule has 1 atom stereocenters. The molecule has 0 radical (unpaired) electrons. The third-order valence-electron chi connectivity index (χ3n) is 5.96. The van der Waals surface area contributed by atoms with Crippen LogP contribution in [0.4, 0.5) is 14.9 Å². The molecule has 0 unspecified atom stereocenters. The van der Waals surface area contributed by atoms with Gasteiger partial charge in [0.1, 0.15) is 5.82 Å². The van der Waals surface area contributed by atoms with Crippen molar-refractivity contribution in [3.63, 3.8) is 0 Å². The number of hydrogen-bond donors (Lipinski definition) is 2. The second-order valence-electron chi connectivity index (χ2n) is 7.97. The van der Waals surface area contributed by atoms with Gasteiger partial charge >= 0.3 is 6.03 Å². The normalized spacial score (nSPS) is 24.7. The number of halogens is 1. The van der Waals surface area contributed by atoms with Crippen LogP contribution >= 0.6 is 0 Å². The molecule has 3 fully saturated rings. The summed E-state index contributed by atoms with van der Waals surface area (Å²) in [5.41, 5.74) is 1.06. The lowest BCUT2D eigenvalue weighted by atomic mass is 10.1. The Kier molecular flexibility index (Phi) is 5.29. The lowest BCUT2D eigenvalue weighted by molar-refractivity contribution is 0.185. The maximum Gasteiger partial charge on any atom is 0.315 e. The predicted octanol–water partition coefficient (Wildman–Crippen LogP) is 2.58. The summed E-state index contributed by atoms with van der Waals surface area (Å²) in [5.74, 6) is 0.244. The third-order valence-corrected chi connectivity index (χ3v) is 5.96. The molecular weight excluding hydrogens is 331 g/mol. The Morgan fingerprint density at radius 2 is 1.77 bits per heavy atom. The van der Waals surface area contributed by atoms with Crippen LogP contribution in [0, 0.1) is 11.7 Å². The lowest BCUT2D eigenvalue weighted by Crippen LogP contribution is -2.49. The second kappa shape index (κ2) is 7.82. The highest BCUT2D eigenvalue weighted by Crippen LogP contribution is 2.29. The molecule has 1 aromatic carbocycles. The Labute approximate surface area is 154 Å². The Balaban J connectivity index is 1.15. The van der Waals surface area contributed by atoms with E-state index in [0.29, 0.717) is 18.5 Å². The van der Waals surface area contributed by atoms with E-state index in [1.165, 1.54) is 25.0 Å². The van der Waals surface area contributed by atoms with Crippen LogP contribution in [-0.4, -0.2) is 55.7 Å². The molecule has 4 rings (SSSR count). The minimum atomic E-state index is -0.203. The van der Waals surface area contributed by atoms with Crippen molar-refractivity contribution in [2.24, 2.45) is 5.92 Å². The number of rotatable bonds is 5. The first kappa shape index (κ1) is 17.6. The Hall–Kier alpha value is -1.82. The largest absolute Gasteiger partial charge is 0.371 e. The van der Waals surface area contributed by atoms with Gasteiger partial charge in [-0.25, -0.2) is 9.18 Å². The number of nitrogens with zero attached hydrogens (tertiary/aromatic N) is 2. The zero-order valence-electron chi connectivity index (χ0n) is 15.3. The van der Waals surface area contributed by atoms with Gasteiger partial charge in [-0.3, -0.25) is 0 Å². The summed E-state index contributed by atoms with van der Waals surface area (Å²) in [6.45, 7) is 4.80. The fourth-order valence-corrected chi connectivity index (χ4v) is 4.21. The van der Waals surface area contributed by atoms with Crippen molar-refractivity contribution in [3.05, 3.63) is 30.1 Å². The molecule has 26 heavy (non-hydrogen) atoms. The fourth-order valence-electron chi connectivity index (χ4n) is 4.21. The van der Waals surface area contributed by atoms with E-state index in [4.69, 9.17) is 0 Å². The van der Waals surface area contributed by atoms with Crippen molar-refractivity contribution in [3.8, 4) is 0 Å². The number of amides is 2. The number of carbonyl (C=O) groups is 1. The zero-order valence-corrected chi connectivity index (χ0v) is 15.3. The molecule has 2 heterocycles. The molecule has 2 aliphatic heterocycles. The Bertz CT molecular complexity index is 611. The molecule has 2 saturated heterocycles. The van der Waals surface area contributed by atoms with Gasteiger partial charge in [0, 0.05) is 50.5 Å². The van der Waals surface area contributed by atoms with Crippen molar-refractivity contribution in [2.75, 3.05) is 37.6 Å². The van der Waals surface area contributed by atoms with Gasteiger partial charge < -0.3 is 20.4 Å². The molecule has 2 amide bonds. The SMILES string of the molecule is O=C(NC[C@@H]1CCN(c2ccc(F)cc2)C1)NC1CCN(C2CC2)CC1. The second-order valence-corrected chi connectivity index (χ2v) is 7.97. The average molecular weight is 360 g/mol. The molecular formula is C20H29FN4O. The molecule has 5 nitrogen and oxygen atoms in total. The van der Waals surface area contributed by atoms with Crippen molar-refractivity contribution in [2.45, 2.75) is 44.2 Å². The van der Waals surface area contributed by atoms with Gasteiger partial charge in [-0.1, -0.05) is 0 Å². The van der Waals surface area contributed by atoms with E-state index in [-0.39, 0.29) is 11.8 Å². The number of carbonyl (C=O) groups excluding carboxylic acids is 1. The van der Waals surface area contributed by atoms with Gasteiger partial charge in [0.05, 0.1) is 0 Å². The van der Waals surface area contributed by atoms with E-state index < -0.39 is 0 Å². The number of likely N-dealkylation sites (tertiary alicyclic amines) is 1. The number of benzene rings is 1. The standard InChI is InChI=1S/C20H29FN4O/c21-16-1-3-19(4-2-16)25-10-7-15(14-25)13-22-20(26)23-17-8-11-24(12-9-17)18-5-6-18/h1-4,15,17-18H,5-14H2,(H2,22,23,26)/t15-/m0/s1. The Morgan fingerprint density at radius 3 is 2.46 bits per heavy atom. The van der Waals surface area contributed by atoms with Gasteiger partial charge in [-0.2, -0.15) is 0 Å². The molecule has 6 heteroatoms. The van der Waals surface area contributed by atoms with Crippen LogP contribution < -0.4 is 15.5 Å². The van der Waals surface area contributed by atoms with E-state index in [9.17, 15) is 9.18 Å². The highest BCUT2D eigenvalue weighted by molar-refractivity contribution is 5.74. The molecule has 1 saturated carbocycles. The average Bonchev–Trinajstić information content (AvgIpc) is 3.39. The molecule has 0 aromatic heterocycles.